The van der Waals surface area contributed by atoms with E-state index >= 15 is 0 Å². The summed E-state index contributed by atoms with van der Waals surface area (Å²) in [5.41, 5.74) is 2.71. The summed E-state index contributed by atoms with van der Waals surface area (Å²) in [6.45, 7) is 134. The first-order valence-electron chi connectivity index (χ1n) is 54.9. The first-order chi connectivity index (χ1) is 54.9. The van der Waals surface area contributed by atoms with Crippen LogP contribution in [0.2, 0.25) is 0 Å². The van der Waals surface area contributed by atoms with E-state index in [0.29, 0.717) is 27.1 Å². The first-order valence-corrected chi connectivity index (χ1v) is 54.9. The van der Waals surface area contributed by atoms with Crippen molar-refractivity contribution in [3.05, 3.63) is 0 Å². The van der Waals surface area contributed by atoms with Crippen LogP contribution in [0.5, 0.6) is 0 Å². The predicted molar refractivity (Wildman–Crippen MR) is 586 cm³/mol. The summed E-state index contributed by atoms with van der Waals surface area (Å²) in [6, 6.07) is 0. The van der Waals surface area contributed by atoms with E-state index in [-0.39, 0.29) is 0 Å². The predicted octanol–water partition coefficient (Wildman–Crippen LogP) is 47.6. The number of hydrogen-bond donors (Lipinski definition) is 0. The lowest BCUT2D eigenvalue weighted by atomic mass is 9.84. The van der Waals surface area contributed by atoms with Crippen LogP contribution < -0.4 is 0 Å². The molecule has 0 saturated carbocycles. The highest BCUT2D eigenvalue weighted by molar-refractivity contribution is 4.66. The van der Waals surface area contributed by atoms with E-state index in [0.717, 1.165) is 101 Å². The van der Waals surface area contributed by atoms with E-state index in [9.17, 15) is 0 Å². The third-order valence-electron chi connectivity index (χ3n) is 24.7. The molecule has 0 nitrogen and oxygen atoms in total. The van der Waals surface area contributed by atoms with Gasteiger partial charge in [0.05, 0.1) is 0 Å². The van der Waals surface area contributed by atoms with E-state index in [2.05, 4.69) is 409 Å². The van der Waals surface area contributed by atoms with Crippen LogP contribution in [0.3, 0.4) is 0 Å². The minimum Gasteiger partial charge on any atom is -0.0654 e. The molecule has 752 valence electrons. The molecule has 0 spiro atoms. The second kappa shape index (κ2) is 115. The van der Waals surface area contributed by atoms with E-state index in [1.54, 1.807) is 0 Å². The van der Waals surface area contributed by atoms with Crippen LogP contribution in [-0.4, -0.2) is 0 Å². The van der Waals surface area contributed by atoms with Gasteiger partial charge >= 0.3 is 0 Å². The molecule has 0 aliphatic carbocycles. The smallest absolute Gasteiger partial charge is 0.0359 e. The van der Waals surface area contributed by atoms with Crippen molar-refractivity contribution < 1.29 is 0 Å². The maximum absolute atomic E-state index is 2.34. The van der Waals surface area contributed by atoms with Crippen LogP contribution in [0.25, 0.3) is 0 Å². The molecule has 0 aliphatic heterocycles. The fraction of sp³-hybridized carbons (Fsp3) is 1.00. The lowest BCUT2D eigenvalue weighted by Gasteiger charge is -2.22. The van der Waals surface area contributed by atoms with E-state index in [1.165, 1.54) is 250 Å². The van der Waals surface area contributed by atoms with Crippen molar-refractivity contribution in [2.24, 2.45) is 128 Å². The average molecular weight is 1720 g/mol. The molecule has 9 unspecified atom stereocenters. The molecule has 120 heavy (non-hydrogen) atoms. The van der Waals surface area contributed by atoms with E-state index < -0.39 is 0 Å². The number of rotatable bonds is 41. The molecule has 9 atom stereocenters. The Hall–Kier alpha value is 0. The van der Waals surface area contributed by atoms with Crippen molar-refractivity contribution in [1.82, 2.24) is 0 Å². The fourth-order valence-corrected chi connectivity index (χ4v) is 11.4. The highest BCUT2D eigenvalue weighted by Gasteiger charge is 2.15. The van der Waals surface area contributed by atoms with E-state index in [4.69, 9.17) is 0 Å². The molecule has 0 radical (unpaired) electrons. The van der Waals surface area contributed by atoms with Crippen LogP contribution in [0.1, 0.15) is 659 Å². The highest BCUT2D eigenvalue weighted by atomic mass is 14.2. The van der Waals surface area contributed by atoms with Gasteiger partial charge in [-0.1, -0.05) is 633 Å². The maximum atomic E-state index is 2.34. The normalized spacial score (nSPS) is 13.2. The first kappa shape index (κ1) is 157. The Bertz CT molecular complexity index is 1550. The fourth-order valence-electron chi connectivity index (χ4n) is 11.4. The van der Waals surface area contributed by atoms with Crippen molar-refractivity contribution in [3.63, 3.8) is 0 Å². The molecule has 0 amide bonds. The van der Waals surface area contributed by atoms with Gasteiger partial charge in [-0.15, -0.1) is 0 Å². The van der Waals surface area contributed by atoms with Gasteiger partial charge in [0.1, 0.15) is 0 Å². The molecule has 0 aromatic heterocycles. The Kier molecular flexibility index (Phi) is 151. The van der Waals surface area contributed by atoms with Crippen molar-refractivity contribution in [2.75, 3.05) is 0 Å². The quantitative estimate of drug-likeness (QED) is 0.0535. The monoisotopic (exact) mass is 1710 g/mol. The zero-order chi connectivity index (χ0) is 98.9. The third kappa shape index (κ3) is 204. The summed E-state index contributed by atoms with van der Waals surface area (Å²) < 4.78 is 0. The number of unbranched alkanes of at least 4 members (excludes halogenated alkanes) is 5. The van der Waals surface area contributed by atoms with Crippen LogP contribution >= 0.6 is 0 Å². The highest BCUT2D eigenvalue weighted by Crippen LogP contribution is 2.27. The molecular formula is C120H272. The van der Waals surface area contributed by atoms with Gasteiger partial charge in [-0.3, -0.25) is 0 Å². The summed E-state index contributed by atoms with van der Waals surface area (Å²) in [4.78, 5) is 0. The summed E-state index contributed by atoms with van der Waals surface area (Å²) in [7, 11) is 0. The van der Waals surface area contributed by atoms with Crippen molar-refractivity contribution in [2.45, 2.75) is 659 Å². The molecule has 0 aliphatic rings. The maximum Gasteiger partial charge on any atom is -0.0359 e. The standard InChI is InChI=1S/8C8H18.8C7H16/c1-7(2)6-8(3,4)5;1-5-8(4)6-7(2)3;1-5-6-7-8(2,3)4;1-5-6-8(4)7(2)3;1-5-7(3)8(4)6-2;1-4-5-6-7-8(2)3;1-4-6-7-8(3)5-2;1-4-6-8(3)7-5-2;1-6(2)7(3,4)5;1-5-6-7(2,3)4;1-5-7(3,4)6-2;1-5-7(4)6(2)3;1-4-5-6-7(2)3;3*1-4-6-7(3)5-2/h7H,6H2,1-5H3;7-8H,5-6H2,1-4H3;5-7H2,1-4H3;2*7-8H,5-6H2,1-4H3;3*8H,4-7H2,1-3H3;6H,1-5H3;2*5-6H2,1-4H3;6-7H,5H2,1-4H3;4*7H,4-6H2,1-3H3. The average Bonchev–Trinajstić information content (AvgIpc) is 0.950. The van der Waals surface area contributed by atoms with Gasteiger partial charge in [0.25, 0.3) is 0 Å². The van der Waals surface area contributed by atoms with Crippen LogP contribution in [-0.2, 0) is 0 Å². The zero-order valence-electron chi connectivity index (χ0n) is 98.9. The van der Waals surface area contributed by atoms with Crippen molar-refractivity contribution in [1.29, 1.82) is 0 Å². The van der Waals surface area contributed by atoms with Crippen LogP contribution in [0.15, 0.2) is 0 Å². The Morgan fingerprint density at radius 3 is 0.575 bits per heavy atom. The molecule has 0 aromatic carbocycles. The summed E-state index contributed by atoms with van der Waals surface area (Å²) in [6.07, 6.45) is 53.1. The minimum atomic E-state index is 0.500. The van der Waals surface area contributed by atoms with Crippen LogP contribution in [0.4, 0.5) is 0 Å². The molecule has 0 aromatic rings. The molecule has 0 heterocycles. The lowest BCUT2D eigenvalue weighted by Crippen LogP contribution is -2.12. The second-order valence-electron chi connectivity index (χ2n) is 46.7. The van der Waals surface area contributed by atoms with Crippen molar-refractivity contribution in [3.8, 4) is 0 Å². The summed E-state index contributed by atoms with van der Waals surface area (Å²) >= 11 is 0. The molecule has 0 bridgehead atoms. The van der Waals surface area contributed by atoms with Crippen LogP contribution in [0, 0.1) is 128 Å². The SMILES string of the molecule is CC(C)C(C)(C)C.CC(C)CC(C)(C)C.CCC(C)(C)CC.CCC(C)C(C)C.CCC(C)C(C)CC.CCC(C)CC(C)C.CCCC(C)(C)C.CCCC(C)C(C)C.CCCC(C)CC.CCCC(C)CC.CCCC(C)CC.CCCC(C)CCC.CCCCC(C)(C)C.CCCCC(C)C.CCCCC(C)CC.CCCCCC(C)C. The van der Waals surface area contributed by atoms with Gasteiger partial charge in [-0.25, -0.2) is 0 Å². The molecular weight excluding hydrogens is 1440 g/mol. The third-order valence-corrected chi connectivity index (χ3v) is 24.7. The Balaban J connectivity index is -0.0000000687. The van der Waals surface area contributed by atoms with E-state index in [1.807, 2.05) is 0 Å². The minimum absolute atomic E-state index is 0.500. The van der Waals surface area contributed by atoms with Gasteiger partial charge in [0.2, 0.25) is 0 Å². The second-order valence-corrected chi connectivity index (χ2v) is 46.7. The number of hydrogen-bond acceptors (Lipinski definition) is 0. The molecule has 0 heteroatoms. The van der Waals surface area contributed by atoms with Gasteiger partial charge in [-0.05, 0) is 153 Å². The zero-order valence-corrected chi connectivity index (χ0v) is 98.9. The Labute approximate surface area is 781 Å². The summed E-state index contributed by atoms with van der Waals surface area (Å²) in [5, 5.41) is 0. The molecule has 0 saturated heterocycles. The molecule has 0 fully saturated rings. The topological polar surface area (TPSA) is 0 Å². The largest absolute Gasteiger partial charge is 0.0654 e. The lowest BCUT2D eigenvalue weighted by molar-refractivity contribution is 0.283. The summed E-state index contributed by atoms with van der Waals surface area (Å²) in [5.74, 6) is 15.4. The van der Waals surface area contributed by atoms with Gasteiger partial charge in [-0.2, -0.15) is 0 Å². The van der Waals surface area contributed by atoms with Gasteiger partial charge < -0.3 is 0 Å². The van der Waals surface area contributed by atoms with Gasteiger partial charge in [0, 0.05) is 0 Å². The molecule has 0 N–H and O–H groups in total. The Morgan fingerprint density at radius 2 is 0.458 bits per heavy atom. The van der Waals surface area contributed by atoms with Gasteiger partial charge in [0.15, 0.2) is 0 Å². The Morgan fingerprint density at radius 1 is 0.192 bits per heavy atom. The van der Waals surface area contributed by atoms with Crippen molar-refractivity contribution >= 4 is 0 Å². The molecule has 0 rings (SSSR count).